The summed E-state index contributed by atoms with van der Waals surface area (Å²) < 4.78 is 0. The SMILES string of the molecule is NC(=O)Nc1cc2c(-c3ccncc3)cccc2cn1. The molecule has 2 aromatic heterocycles. The second-order valence-electron chi connectivity index (χ2n) is 4.32. The maximum Gasteiger partial charge on any atom is 0.317 e. The molecule has 3 N–H and O–H groups in total. The highest BCUT2D eigenvalue weighted by atomic mass is 16.2. The number of anilines is 1. The van der Waals surface area contributed by atoms with Crippen molar-refractivity contribution in [1.82, 2.24) is 9.97 Å². The summed E-state index contributed by atoms with van der Waals surface area (Å²) in [5.74, 6) is 0.437. The summed E-state index contributed by atoms with van der Waals surface area (Å²) in [5, 5.41) is 4.48. The Bertz CT molecular complexity index is 771. The first-order chi connectivity index (χ1) is 9.74. The highest BCUT2D eigenvalue weighted by Gasteiger charge is 2.06. The standard InChI is InChI=1S/C15H12N4O/c16-15(20)19-14-8-13-11(9-18-14)2-1-3-12(13)10-4-6-17-7-5-10/h1-9H,(H3,16,18,19,20). The number of hydrogen-bond donors (Lipinski definition) is 2. The molecular weight excluding hydrogens is 252 g/mol. The number of primary amides is 1. The number of amides is 2. The lowest BCUT2D eigenvalue weighted by Crippen LogP contribution is -2.19. The van der Waals surface area contributed by atoms with Crippen LogP contribution in [0.15, 0.2) is 55.0 Å². The molecule has 5 heteroatoms. The first-order valence-corrected chi connectivity index (χ1v) is 6.10. The average Bonchev–Trinajstić information content (AvgIpc) is 2.47. The van der Waals surface area contributed by atoms with Gasteiger partial charge in [0, 0.05) is 24.0 Å². The minimum Gasteiger partial charge on any atom is -0.351 e. The molecule has 98 valence electrons. The van der Waals surface area contributed by atoms with Gasteiger partial charge in [-0.15, -0.1) is 0 Å². The Kier molecular flexibility index (Phi) is 3.01. The van der Waals surface area contributed by atoms with E-state index >= 15 is 0 Å². The summed E-state index contributed by atoms with van der Waals surface area (Å²) in [6.07, 6.45) is 5.21. The lowest BCUT2D eigenvalue weighted by Gasteiger charge is -2.08. The van der Waals surface area contributed by atoms with Crippen LogP contribution < -0.4 is 11.1 Å². The van der Waals surface area contributed by atoms with Crippen LogP contribution in [0.4, 0.5) is 10.6 Å². The Labute approximate surface area is 115 Å². The van der Waals surface area contributed by atoms with Gasteiger partial charge in [-0.2, -0.15) is 0 Å². The van der Waals surface area contributed by atoms with Crippen molar-refractivity contribution in [2.24, 2.45) is 5.73 Å². The molecule has 2 heterocycles. The zero-order chi connectivity index (χ0) is 13.9. The Morgan fingerprint density at radius 3 is 2.70 bits per heavy atom. The highest BCUT2D eigenvalue weighted by Crippen LogP contribution is 2.29. The number of urea groups is 1. The van der Waals surface area contributed by atoms with E-state index in [0.717, 1.165) is 21.9 Å². The van der Waals surface area contributed by atoms with Crippen molar-refractivity contribution in [3.05, 3.63) is 55.0 Å². The smallest absolute Gasteiger partial charge is 0.317 e. The van der Waals surface area contributed by atoms with Gasteiger partial charge in [-0.1, -0.05) is 18.2 Å². The predicted octanol–water partition coefficient (Wildman–Crippen LogP) is 2.79. The van der Waals surface area contributed by atoms with Crippen molar-refractivity contribution in [3.63, 3.8) is 0 Å². The second-order valence-corrected chi connectivity index (χ2v) is 4.32. The van der Waals surface area contributed by atoms with E-state index < -0.39 is 6.03 Å². The van der Waals surface area contributed by atoms with Gasteiger partial charge < -0.3 is 5.73 Å². The third-order valence-electron chi connectivity index (χ3n) is 3.01. The Morgan fingerprint density at radius 1 is 1.15 bits per heavy atom. The van der Waals surface area contributed by atoms with E-state index in [9.17, 15) is 4.79 Å². The van der Waals surface area contributed by atoms with E-state index in [0.29, 0.717) is 5.82 Å². The van der Waals surface area contributed by atoms with Gasteiger partial charge in [-0.3, -0.25) is 10.3 Å². The Balaban J connectivity index is 2.19. The monoisotopic (exact) mass is 264 g/mol. The van der Waals surface area contributed by atoms with Crippen molar-refractivity contribution in [3.8, 4) is 11.1 Å². The fourth-order valence-electron chi connectivity index (χ4n) is 2.15. The fourth-order valence-corrected chi connectivity index (χ4v) is 2.15. The lowest BCUT2D eigenvalue weighted by molar-refractivity contribution is 0.259. The molecule has 20 heavy (non-hydrogen) atoms. The van der Waals surface area contributed by atoms with E-state index in [1.165, 1.54) is 0 Å². The van der Waals surface area contributed by atoms with E-state index in [1.807, 2.05) is 36.4 Å². The van der Waals surface area contributed by atoms with Gasteiger partial charge in [-0.05, 0) is 34.7 Å². The number of fused-ring (bicyclic) bond motifs is 1. The number of nitrogens with one attached hydrogen (secondary N) is 1. The summed E-state index contributed by atoms with van der Waals surface area (Å²) in [6, 6.07) is 11.0. The number of benzene rings is 1. The summed E-state index contributed by atoms with van der Waals surface area (Å²) >= 11 is 0. The molecule has 5 nitrogen and oxygen atoms in total. The number of hydrogen-bond acceptors (Lipinski definition) is 3. The summed E-state index contributed by atoms with van der Waals surface area (Å²) in [6.45, 7) is 0. The average molecular weight is 264 g/mol. The van der Waals surface area contributed by atoms with Crippen molar-refractivity contribution in [2.45, 2.75) is 0 Å². The molecule has 0 bridgehead atoms. The quantitative estimate of drug-likeness (QED) is 0.746. The van der Waals surface area contributed by atoms with Gasteiger partial charge in [0.1, 0.15) is 5.82 Å². The first-order valence-electron chi connectivity index (χ1n) is 6.10. The van der Waals surface area contributed by atoms with Crippen LogP contribution in [-0.4, -0.2) is 16.0 Å². The first kappa shape index (κ1) is 12.1. The summed E-state index contributed by atoms with van der Waals surface area (Å²) in [7, 11) is 0. The van der Waals surface area contributed by atoms with Crippen molar-refractivity contribution >= 4 is 22.6 Å². The Hall–Kier alpha value is -2.95. The van der Waals surface area contributed by atoms with Gasteiger partial charge >= 0.3 is 6.03 Å². The van der Waals surface area contributed by atoms with Crippen molar-refractivity contribution in [2.75, 3.05) is 5.32 Å². The molecule has 3 rings (SSSR count). The van der Waals surface area contributed by atoms with Crippen molar-refractivity contribution in [1.29, 1.82) is 0 Å². The maximum absolute atomic E-state index is 10.9. The van der Waals surface area contributed by atoms with Gasteiger partial charge in [-0.25, -0.2) is 9.78 Å². The molecule has 0 aliphatic carbocycles. The van der Waals surface area contributed by atoms with E-state index in [-0.39, 0.29) is 0 Å². The zero-order valence-electron chi connectivity index (χ0n) is 10.6. The molecule has 0 saturated heterocycles. The predicted molar refractivity (Wildman–Crippen MR) is 78.2 cm³/mol. The molecule has 0 atom stereocenters. The van der Waals surface area contributed by atoms with Crippen LogP contribution in [0.2, 0.25) is 0 Å². The largest absolute Gasteiger partial charge is 0.351 e. The molecule has 1 aromatic carbocycles. The number of carbonyl (C=O) groups excluding carboxylic acids is 1. The van der Waals surface area contributed by atoms with Crippen molar-refractivity contribution < 1.29 is 4.79 Å². The van der Waals surface area contributed by atoms with Crippen LogP contribution in [0.3, 0.4) is 0 Å². The van der Waals surface area contributed by atoms with Crippen LogP contribution in [0.25, 0.3) is 21.9 Å². The molecule has 3 aromatic rings. The summed E-state index contributed by atoms with van der Waals surface area (Å²) in [5.41, 5.74) is 7.23. The number of carbonyl (C=O) groups is 1. The normalized spacial score (nSPS) is 10.4. The lowest BCUT2D eigenvalue weighted by atomic mass is 10.0. The third-order valence-corrected chi connectivity index (χ3v) is 3.01. The Morgan fingerprint density at radius 2 is 1.95 bits per heavy atom. The highest BCUT2D eigenvalue weighted by molar-refractivity contribution is 5.99. The zero-order valence-corrected chi connectivity index (χ0v) is 10.6. The topological polar surface area (TPSA) is 80.9 Å². The fraction of sp³-hybridized carbons (Fsp3) is 0. The van der Waals surface area contributed by atoms with E-state index in [1.54, 1.807) is 18.6 Å². The van der Waals surface area contributed by atoms with E-state index in [4.69, 9.17) is 5.73 Å². The number of nitrogens with two attached hydrogens (primary N) is 1. The summed E-state index contributed by atoms with van der Waals surface area (Å²) in [4.78, 5) is 19.1. The van der Waals surface area contributed by atoms with Crippen LogP contribution in [0.1, 0.15) is 0 Å². The number of pyridine rings is 2. The molecule has 0 unspecified atom stereocenters. The molecule has 0 saturated carbocycles. The van der Waals surface area contributed by atoms with Gasteiger partial charge in [0.15, 0.2) is 0 Å². The molecule has 0 spiro atoms. The maximum atomic E-state index is 10.9. The number of rotatable bonds is 2. The molecular formula is C15H12N4O. The van der Waals surface area contributed by atoms with Gasteiger partial charge in [0.05, 0.1) is 0 Å². The van der Waals surface area contributed by atoms with E-state index in [2.05, 4.69) is 15.3 Å². The number of nitrogens with zero attached hydrogens (tertiary/aromatic N) is 2. The molecule has 2 amide bonds. The molecule has 0 aliphatic rings. The van der Waals surface area contributed by atoms with Crippen LogP contribution in [-0.2, 0) is 0 Å². The van der Waals surface area contributed by atoms with Gasteiger partial charge in [0.25, 0.3) is 0 Å². The third kappa shape index (κ3) is 2.29. The van der Waals surface area contributed by atoms with Crippen LogP contribution in [0, 0.1) is 0 Å². The second kappa shape index (κ2) is 4.97. The minimum atomic E-state index is -0.627. The minimum absolute atomic E-state index is 0.437. The van der Waals surface area contributed by atoms with Gasteiger partial charge in [0.2, 0.25) is 0 Å². The molecule has 0 fully saturated rings. The molecule has 0 radical (unpaired) electrons. The number of aromatic nitrogens is 2. The van der Waals surface area contributed by atoms with Crippen LogP contribution >= 0.6 is 0 Å². The van der Waals surface area contributed by atoms with Crippen LogP contribution in [0.5, 0.6) is 0 Å². The molecule has 0 aliphatic heterocycles.